The van der Waals surface area contributed by atoms with Crippen LogP contribution in [-0.2, 0) is 0 Å². The molecule has 4 heteroatoms. The second-order valence-electron chi connectivity index (χ2n) is 5.07. The van der Waals surface area contributed by atoms with Gasteiger partial charge in [0.2, 0.25) is 0 Å². The minimum absolute atomic E-state index is 0.187. The lowest BCUT2D eigenvalue weighted by Gasteiger charge is -2.26. The summed E-state index contributed by atoms with van der Waals surface area (Å²) in [7, 11) is 0. The molecule has 0 saturated carbocycles. The molecular weight excluding hydrogens is 316 g/mol. The highest BCUT2D eigenvalue weighted by Gasteiger charge is 2.38. The summed E-state index contributed by atoms with van der Waals surface area (Å²) in [4.78, 5) is 0. The molecule has 1 N–H and O–H groups in total. The highest BCUT2D eigenvalue weighted by atomic mass is 79.9. The topological polar surface area (TPSA) is 33.6 Å². The monoisotopic (exact) mass is 328 g/mol. The van der Waals surface area contributed by atoms with Crippen molar-refractivity contribution in [2.45, 2.75) is 6.04 Å². The molecule has 20 heavy (non-hydrogen) atoms. The molecule has 3 nitrogen and oxygen atoms in total. The molecule has 0 unspecified atom stereocenters. The third kappa shape index (κ3) is 1.83. The van der Waals surface area contributed by atoms with Crippen LogP contribution in [0.3, 0.4) is 0 Å². The summed E-state index contributed by atoms with van der Waals surface area (Å²) in [6, 6.07) is 16.7. The van der Waals surface area contributed by atoms with Gasteiger partial charge in [0, 0.05) is 10.0 Å². The van der Waals surface area contributed by atoms with E-state index in [2.05, 4.69) is 56.8 Å². The lowest BCUT2D eigenvalue weighted by Crippen LogP contribution is -2.31. The number of nitrogens with zero attached hydrogens (tertiary/aromatic N) is 1. The number of hydrogen-bond donors (Lipinski definition) is 1. The first-order valence-electron chi connectivity index (χ1n) is 6.64. The van der Waals surface area contributed by atoms with Crippen LogP contribution >= 0.6 is 15.9 Å². The number of ether oxygens (including phenoxy) is 1. The van der Waals surface area contributed by atoms with Crippen LogP contribution in [0.2, 0.25) is 0 Å². The van der Waals surface area contributed by atoms with Crippen molar-refractivity contribution in [3.05, 3.63) is 64.1 Å². The first kappa shape index (κ1) is 12.0. The van der Waals surface area contributed by atoms with Gasteiger partial charge in [0.25, 0.3) is 0 Å². The Kier molecular flexibility index (Phi) is 2.77. The average molecular weight is 329 g/mol. The van der Waals surface area contributed by atoms with E-state index in [0.717, 1.165) is 21.5 Å². The van der Waals surface area contributed by atoms with Crippen molar-refractivity contribution in [2.75, 3.05) is 6.61 Å². The van der Waals surface area contributed by atoms with Gasteiger partial charge in [-0.25, -0.2) is 0 Å². The van der Waals surface area contributed by atoms with Crippen molar-refractivity contribution in [3.8, 4) is 5.75 Å². The van der Waals surface area contributed by atoms with E-state index < -0.39 is 0 Å². The number of para-hydroxylation sites is 1. The molecule has 2 aliphatic rings. The number of rotatable bonds is 1. The summed E-state index contributed by atoms with van der Waals surface area (Å²) in [6.07, 6.45) is 0. The first-order chi connectivity index (χ1) is 9.83. The van der Waals surface area contributed by atoms with Gasteiger partial charge < -0.3 is 10.2 Å². The van der Waals surface area contributed by atoms with Crippen LogP contribution in [0.1, 0.15) is 17.2 Å². The van der Waals surface area contributed by atoms with Crippen molar-refractivity contribution in [1.29, 1.82) is 0 Å². The smallest absolute Gasteiger partial charge is 0.128 e. The summed E-state index contributed by atoms with van der Waals surface area (Å²) >= 11 is 3.47. The zero-order chi connectivity index (χ0) is 13.5. The standard InChI is InChI=1S/C16H13BrN2O/c17-11-7-5-10(6-8-11)15-13-9-20-14-4-2-1-3-12(14)16(13)19-18-15/h1-8,13,15,18H,9H2/t13-,15+/m1/s1. The minimum atomic E-state index is 0.187. The van der Waals surface area contributed by atoms with E-state index in [1.165, 1.54) is 5.56 Å². The van der Waals surface area contributed by atoms with Gasteiger partial charge in [0.05, 0.1) is 24.3 Å². The number of fused-ring (bicyclic) bond motifs is 3. The Morgan fingerprint density at radius 2 is 1.90 bits per heavy atom. The summed E-state index contributed by atoms with van der Waals surface area (Å²) in [6.45, 7) is 0.670. The molecule has 0 aliphatic carbocycles. The van der Waals surface area contributed by atoms with E-state index in [1.54, 1.807) is 0 Å². The normalized spacial score (nSPS) is 23.1. The van der Waals surface area contributed by atoms with E-state index in [4.69, 9.17) is 4.74 Å². The van der Waals surface area contributed by atoms with Crippen LogP contribution in [-0.4, -0.2) is 12.3 Å². The van der Waals surface area contributed by atoms with Crippen molar-refractivity contribution in [1.82, 2.24) is 5.43 Å². The molecule has 0 fully saturated rings. The van der Waals surface area contributed by atoms with E-state index in [9.17, 15) is 0 Å². The summed E-state index contributed by atoms with van der Waals surface area (Å²) in [5.41, 5.74) is 6.72. The molecule has 2 atom stereocenters. The molecule has 0 saturated heterocycles. The maximum absolute atomic E-state index is 5.88. The van der Waals surface area contributed by atoms with Crippen LogP contribution in [0, 0.1) is 5.92 Å². The molecule has 2 aromatic carbocycles. The van der Waals surface area contributed by atoms with Crippen molar-refractivity contribution >= 4 is 21.6 Å². The maximum atomic E-state index is 5.88. The average Bonchev–Trinajstić information content (AvgIpc) is 2.92. The molecule has 0 radical (unpaired) electrons. The zero-order valence-electron chi connectivity index (χ0n) is 10.7. The quantitative estimate of drug-likeness (QED) is 0.869. The largest absolute Gasteiger partial charge is 0.492 e. The highest BCUT2D eigenvalue weighted by molar-refractivity contribution is 9.10. The van der Waals surface area contributed by atoms with Crippen LogP contribution < -0.4 is 10.2 Å². The van der Waals surface area contributed by atoms with Gasteiger partial charge in [-0.05, 0) is 29.8 Å². The van der Waals surface area contributed by atoms with Crippen molar-refractivity contribution in [2.24, 2.45) is 11.0 Å². The number of hydrazone groups is 1. The number of benzene rings is 2. The third-order valence-electron chi connectivity index (χ3n) is 3.89. The Balaban J connectivity index is 1.69. The molecule has 0 amide bonds. The van der Waals surface area contributed by atoms with Gasteiger partial charge in [-0.1, -0.05) is 40.2 Å². The third-order valence-corrected chi connectivity index (χ3v) is 4.42. The molecule has 2 aromatic rings. The Hall–Kier alpha value is -1.81. The summed E-state index contributed by atoms with van der Waals surface area (Å²) in [5, 5.41) is 4.55. The SMILES string of the molecule is Brc1ccc([C@@H]2NN=C3c4ccccc4OC[C@@H]32)cc1. The lowest BCUT2D eigenvalue weighted by atomic mass is 9.86. The lowest BCUT2D eigenvalue weighted by molar-refractivity contribution is 0.254. The molecule has 0 bridgehead atoms. The predicted molar refractivity (Wildman–Crippen MR) is 82.0 cm³/mol. The summed E-state index contributed by atoms with van der Waals surface area (Å²) < 4.78 is 6.97. The van der Waals surface area contributed by atoms with Crippen LogP contribution in [0.15, 0.2) is 58.1 Å². The molecule has 4 rings (SSSR count). The first-order valence-corrected chi connectivity index (χ1v) is 7.43. The van der Waals surface area contributed by atoms with Crippen LogP contribution in [0.25, 0.3) is 0 Å². The molecule has 0 spiro atoms. The van der Waals surface area contributed by atoms with Crippen molar-refractivity contribution < 1.29 is 4.74 Å². The molecule has 2 aliphatic heterocycles. The van der Waals surface area contributed by atoms with Gasteiger partial charge in [0.1, 0.15) is 5.75 Å². The fourth-order valence-electron chi connectivity index (χ4n) is 2.87. The van der Waals surface area contributed by atoms with Gasteiger partial charge in [-0.15, -0.1) is 0 Å². The van der Waals surface area contributed by atoms with E-state index in [0.29, 0.717) is 6.61 Å². The second-order valence-corrected chi connectivity index (χ2v) is 5.98. The van der Waals surface area contributed by atoms with Crippen molar-refractivity contribution in [3.63, 3.8) is 0 Å². The number of halogens is 1. The highest BCUT2D eigenvalue weighted by Crippen LogP contribution is 2.37. The Labute approximate surface area is 125 Å². The van der Waals surface area contributed by atoms with Crippen LogP contribution in [0.5, 0.6) is 5.75 Å². The Morgan fingerprint density at radius 1 is 1.10 bits per heavy atom. The van der Waals surface area contributed by atoms with E-state index >= 15 is 0 Å². The molecular formula is C16H13BrN2O. The number of hydrogen-bond acceptors (Lipinski definition) is 3. The Morgan fingerprint density at radius 3 is 2.75 bits per heavy atom. The molecule has 0 aromatic heterocycles. The Bertz CT molecular complexity index is 681. The summed E-state index contributed by atoms with van der Waals surface area (Å²) in [5.74, 6) is 1.20. The van der Waals surface area contributed by atoms with Gasteiger partial charge in [-0.3, -0.25) is 0 Å². The van der Waals surface area contributed by atoms with Gasteiger partial charge in [-0.2, -0.15) is 5.10 Å². The fourth-order valence-corrected chi connectivity index (χ4v) is 3.13. The minimum Gasteiger partial charge on any atom is -0.492 e. The maximum Gasteiger partial charge on any atom is 0.128 e. The molecule has 2 heterocycles. The van der Waals surface area contributed by atoms with Gasteiger partial charge in [0.15, 0.2) is 0 Å². The fraction of sp³-hybridized carbons (Fsp3) is 0.188. The van der Waals surface area contributed by atoms with Gasteiger partial charge >= 0.3 is 0 Å². The zero-order valence-corrected chi connectivity index (χ0v) is 12.3. The number of nitrogens with one attached hydrogen (secondary N) is 1. The second kappa shape index (κ2) is 4.63. The van der Waals surface area contributed by atoms with E-state index in [1.807, 2.05) is 18.2 Å². The van der Waals surface area contributed by atoms with E-state index in [-0.39, 0.29) is 12.0 Å². The molecule has 100 valence electrons. The predicted octanol–water partition coefficient (Wildman–Crippen LogP) is 3.51. The van der Waals surface area contributed by atoms with Crippen LogP contribution in [0.4, 0.5) is 0 Å².